The molecule has 0 aromatic heterocycles. The number of ether oxygens (including phenoxy) is 2. The molecule has 0 aliphatic carbocycles. The maximum atomic E-state index is 13.3. The van der Waals surface area contributed by atoms with Crippen LogP contribution in [0, 0.1) is 5.92 Å². The number of amides is 1. The molecule has 0 fully saturated rings. The van der Waals surface area contributed by atoms with Crippen LogP contribution < -0.4 is 9.47 Å². The van der Waals surface area contributed by atoms with E-state index in [-0.39, 0.29) is 17.9 Å². The average Bonchev–Trinajstić information content (AvgIpc) is 2.73. The summed E-state index contributed by atoms with van der Waals surface area (Å²) in [5.41, 5.74) is 3.48. The Morgan fingerprint density at radius 3 is 2.30 bits per heavy atom. The summed E-state index contributed by atoms with van der Waals surface area (Å²) in [6.45, 7) is 4.90. The van der Waals surface area contributed by atoms with E-state index in [0.29, 0.717) is 5.75 Å². The van der Waals surface area contributed by atoms with Gasteiger partial charge >= 0.3 is 0 Å². The van der Waals surface area contributed by atoms with Crippen LogP contribution in [0.1, 0.15) is 49.4 Å². The monoisotopic (exact) mass is 367 g/mol. The predicted octanol–water partition coefficient (Wildman–Crippen LogP) is 4.61. The highest BCUT2D eigenvalue weighted by atomic mass is 16.5. The molecule has 2 aromatic carbocycles. The van der Waals surface area contributed by atoms with Crippen LogP contribution in [0.2, 0.25) is 0 Å². The van der Waals surface area contributed by atoms with Crippen molar-refractivity contribution < 1.29 is 14.3 Å². The number of rotatable bonds is 6. The van der Waals surface area contributed by atoms with Crippen molar-refractivity contribution in [3.8, 4) is 11.5 Å². The zero-order chi connectivity index (χ0) is 19.4. The molecule has 1 unspecified atom stereocenters. The SMILES string of the molecule is CCC(CC)C(=O)N1CCc2cc(OC)c(OC)cc2C1c1ccccc1. The van der Waals surface area contributed by atoms with Gasteiger partial charge in [0, 0.05) is 12.5 Å². The second-order valence-electron chi connectivity index (χ2n) is 7.01. The van der Waals surface area contributed by atoms with Gasteiger partial charge in [0.2, 0.25) is 5.91 Å². The smallest absolute Gasteiger partial charge is 0.226 e. The molecule has 0 N–H and O–H groups in total. The van der Waals surface area contributed by atoms with Gasteiger partial charge in [-0.1, -0.05) is 44.2 Å². The Balaban J connectivity index is 2.12. The maximum absolute atomic E-state index is 13.3. The van der Waals surface area contributed by atoms with Crippen LogP contribution in [-0.2, 0) is 11.2 Å². The molecule has 0 radical (unpaired) electrons. The number of methoxy groups -OCH3 is 2. The largest absolute Gasteiger partial charge is 0.493 e. The molecule has 1 heterocycles. The fourth-order valence-electron chi connectivity index (χ4n) is 4.05. The van der Waals surface area contributed by atoms with E-state index in [2.05, 4.69) is 36.9 Å². The minimum Gasteiger partial charge on any atom is -0.493 e. The number of fused-ring (bicyclic) bond motifs is 1. The quantitative estimate of drug-likeness (QED) is 0.748. The van der Waals surface area contributed by atoms with Crippen molar-refractivity contribution in [1.82, 2.24) is 4.90 Å². The average molecular weight is 367 g/mol. The first kappa shape index (κ1) is 19.3. The van der Waals surface area contributed by atoms with Crippen LogP contribution in [0.25, 0.3) is 0 Å². The van der Waals surface area contributed by atoms with Crippen LogP contribution >= 0.6 is 0 Å². The van der Waals surface area contributed by atoms with Crippen molar-refractivity contribution >= 4 is 5.91 Å². The topological polar surface area (TPSA) is 38.8 Å². The first-order chi connectivity index (χ1) is 13.1. The van der Waals surface area contributed by atoms with Crippen molar-refractivity contribution in [2.45, 2.75) is 39.2 Å². The van der Waals surface area contributed by atoms with E-state index < -0.39 is 0 Å². The van der Waals surface area contributed by atoms with E-state index in [1.54, 1.807) is 14.2 Å². The van der Waals surface area contributed by atoms with Crippen LogP contribution in [0.15, 0.2) is 42.5 Å². The second kappa shape index (κ2) is 8.47. The minimum atomic E-state index is -0.0946. The fraction of sp³-hybridized carbons (Fsp3) is 0.435. The fourth-order valence-corrected chi connectivity index (χ4v) is 4.05. The van der Waals surface area contributed by atoms with Crippen molar-refractivity contribution in [1.29, 1.82) is 0 Å². The van der Waals surface area contributed by atoms with E-state index in [4.69, 9.17) is 9.47 Å². The lowest BCUT2D eigenvalue weighted by molar-refractivity contribution is -0.137. The van der Waals surface area contributed by atoms with E-state index in [1.165, 1.54) is 5.56 Å². The summed E-state index contributed by atoms with van der Waals surface area (Å²) in [5.74, 6) is 1.75. The van der Waals surface area contributed by atoms with Gasteiger partial charge in [0.05, 0.1) is 20.3 Å². The van der Waals surface area contributed by atoms with Crippen LogP contribution in [-0.4, -0.2) is 31.6 Å². The van der Waals surface area contributed by atoms with Gasteiger partial charge < -0.3 is 14.4 Å². The van der Waals surface area contributed by atoms with Crippen molar-refractivity contribution in [3.05, 3.63) is 59.2 Å². The van der Waals surface area contributed by atoms with Crippen molar-refractivity contribution in [2.24, 2.45) is 5.92 Å². The van der Waals surface area contributed by atoms with Crippen molar-refractivity contribution in [2.75, 3.05) is 20.8 Å². The zero-order valence-corrected chi connectivity index (χ0v) is 16.7. The van der Waals surface area contributed by atoms with E-state index in [9.17, 15) is 4.79 Å². The first-order valence-electron chi connectivity index (χ1n) is 9.74. The van der Waals surface area contributed by atoms with Gasteiger partial charge in [-0.2, -0.15) is 0 Å². The molecule has 1 atom stereocenters. The Bertz CT molecular complexity index is 784. The predicted molar refractivity (Wildman–Crippen MR) is 107 cm³/mol. The molecule has 1 aliphatic heterocycles. The summed E-state index contributed by atoms with van der Waals surface area (Å²) in [6.07, 6.45) is 2.56. The van der Waals surface area contributed by atoms with E-state index in [1.807, 2.05) is 24.3 Å². The lowest BCUT2D eigenvalue weighted by atomic mass is 9.86. The standard InChI is InChI=1S/C23H29NO3/c1-5-16(6-2)23(25)24-13-12-18-14-20(26-3)21(27-4)15-19(18)22(24)17-10-8-7-9-11-17/h7-11,14-16,22H,5-6,12-13H2,1-4H3. The van der Waals surface area contributed by atoms with Gasteiger partial charge in [0.25, 0.3) is 0 Å². The van der Waals surface area contributed by atoms with Gasteiger partial charge in [0.15, 0.2) is 11.5 Å². The molecule has 1 aliphatic rings. The Kier molecular flexibility index (Phi) is 6.04. The van der Waals surface area contributed by atoms with Gasteiger partial charge in [-0.25, -0.2) is 0 Å². The third-order valence-corrected chi connectivity index (χ3v) is 5.61. The molecule has 2 aromatic rings. The van der Waals surface area contributed by atoms with Crippen LogP contribution in [0.4, 0.5) is 0 Å². The lowest BCUT2D eigenvalue weighted by Crippen LogP contribution is -2.43. The van der Waals surface area contributed by atoms with E-state index in [0.717, 1.165) is 42.7 Å². The second-order valence-corrected chi connectivity index (χ2v) is 7.01. The zero-order valence-electron chi connectivity index (χ0n) is 16.7. The Morgan fingerprint density at radius 1 is 1.07 bits per heavy atom. The number of carbonyl (C=O) groups excluding carboxylic acids is 1. The highest BCUT2D eigenvalue weighted by molar-refractivity contribution is 5.80. The van der Waals surface area contributed by atoms with Crippen molar-refractivity contribution in [3.63, 3.8) is 0 Å². The summed E-state index contributed by atoms with van der Waals surface area (Å²) in [6, 6.07) is 14.3. The first-order valence-corrected chi connectivity index (χ1v) is 9.74. The normalized spacial score (nSPS) is 16.2. The number of nitrogens with zero attached hydrogens (tertiary/aromatic N) is 1. The highest BCUT2D eigenvalue weighted by Crippen LogP contribution is 2.41. The molecule has 4 nitrogen and oxygen atoms in total. The molecular formula is C23H29NO3. The number of carbonyl (C=O) groups is 1. The molecule has 0 spiro atoms. The lowest BCUT2D eigenvalue weighted by Gasteiger charge is -2.39. The Hall–Kier alpha value is -2.49. The summed E-state index contributed by atoms with van der Waals surface area (Å²) in [5, 5.41) is 0. The van der Waals surface area contributed by atoms with Crippen LogP contribution in [0.3, 0.4) is 0 Å². The molecule has 144 valence electrons. The summed E-state index contributed by atoms with van der Waals surface area (Å²) < 4.78 is 11.0. The maximum Gasteiger partial charge on any atom is 0.226 e. The third-order valence-electron chi connectivity index (χ3n) is 5.61. The molecule has 1 amide bonds. The molecule has 0 saturated carbocycles. The molecule has 4 heteroatoms. The number of benzene rings is 2. The molecule has 27 heavy (non-hydrogen) atoms. The molecular weight excluding hydrogens is 338 g/mol. The highest BCUT2D eigenvalue weighted by Gasteiger charge is 2.35. The number of hydrogen-bond donors (Lipinski definition) is 0. The van der Waals surface area contributed by atoms with Gasteiger partial charge in [0.1, 0.15) is 0 Å². The third kappa shape index (κ3) is 3.66. The Labute approximate surface area is 162 Å². The van der Waals surface area contributed by atoms with Gasteiger partial charge in [-0.05, 0) is 48.1 Å². The molecule has 0 saturated heterocycles. The minimum absolute atomic E-state index is 0.0675. The number of hydrogen-bond acceptors (Lipinski definition) is 3. The molecule has 0 bridgehead atoms. The summed E-state index contributed by atoms with van der Waals surface area (Å²) in [4.78, 5) is 15.4. The molecule has 3 rings (SSSR count). The van der Waals surface area contributed by atoms with E-state index >= 15 is 0 Å². The summed E-state index contributed by atoms with van der Waals surface area (Å²) in [7, 11) is 3.31. The Morgan fingerprint density at radius 2 is 1.70 bits per heavy atom. The van der Waals surface area contributed by atoms with Crippen LogP contribution in [0.5, 0.6) is 11.5 Å². The van der Waals surface area contributed by atoms with Gasteiger partial charge in [-0.3, -0.25) is 4.79 Å². The van der Waals surface area contributed by atoms with Gasteiger partial charge in [-0.15, -0.1) is 0 Å². The summed E-state index contributed by atoms with van der Waals surface area (Å²) >= 11 is 0.